The van der Waals surface area contributed by atoms with Crippen LogP contribution in [0.4, 0.5) is 0 Å². The first-order valence-electron chi connectivity index (χ1n) is 4.10. The Morgan fingerprint density at radius 2 is 1.85 bits per heavy atom. The maximum Gasteiger partial charge on any atom is 0.340 e. The number of hydrogen-bond donors (Lipinski definition) is 0. The minimum absolute atomic E-state index is 0.279. The molecule has 0 unspecified atom stereocenters. The Morgan fingerprint density at radius 3 is 2.54 bits per heavy atom. The summed E-state index contributed by atoms with van der Waals surface area (Å²) in [7, 11) is 0. The quantitative estimate of drug-likeness (QED) is 0.621. The van der Waals surface area contributed by atoms with Crippen LogP contribution in [0, 0.1) is 20.8 Å². The van der Waals surface area contributed by atoms with Crippen LogP contribution in [-0.4, -0.2) is 0 Å². The molecule has 0 aromatic carbocycles. The maximum atomic E-state index is 11.2. The van der Waals surface area contributed by atoms with Crippen LogP contribution in [0.25, 0.3) is 11.3 Å². The van der Waals surface area contributed by atoms with Crippen molar-refractivity contribution in [1.29, 1.82) is 0 Å². The summed E-state index contributed by atoms with van der Waals surface area (Å²) in [6.45, 7) is 5.40. The summed E-state index contributed by atoms with van der Waals surface area (Å²) in [5, 5.41) is 0. The molecule has 0 N–H and O–H groups in total. The van der Waals surface area contributed by atoms with Gasteiger partial charge in [0.15, 0.2) is 5.76 Å². The molecule has 0 amide bonds. The molecule has 0 saturated heterocycles. The van der Waals surface area contributed by atoms with E-state index in [-0.39, 0.29) is 5.63 Å². The molecule has 0 aromatic heterocycles. The monoisotopic (exact) mass is 178 g/mol. The second kappa shape index (κ2) is 2.49. The average Bonchev–Trinajstić information content (AvgIpc) is 2.32. The molecule has 0 radical (unpaired) electrons. The van der Waals surface area contributed by atoms with E-state index >= 15 is 0 Å². The third kappa shape index (κ3) is 1.08. The summed E-state index contributed by atoms with van der Waals surface area (Å²) in [6.07, 6.45) is 0. The van der Waals surface area contributed by atoms with Crippen molar-refractivity contribution in [2.24, 2.45) is 0 Å². The Labute approximate surface area is 75.3 Å². The molecule has 2 aliphatic heterocycles. The summed E-state index contributed by atoms with van der Waals surface area (Å²) in [5.41, 5.74) is 1.22. The minimum Gasteiger partial charge on any atom is -0.463 e. The summed E-state index contributed by atoms with van der Waals surface area (Å²) in [6, 6.07) is 1.82. The Morgan fingerprint density at radius 1 is 1.15 bits per heavy atom. The van der Waals surface area contributed by atoms with E-state index in [1.807, 2.05) is 13.0 Å². The van der Waals surface area contributed by atoms with Crippen molar-refractivity contribution in [3.05, 3.63) is 33.6 Å². The molecule has 0 fully saturated rings. The molecule has 0 spiro atoms. The molecular weight excluding hydrogens is 168 g/mol. The van der Waals surface area contributed by atoms with Gasteiger partial charge in [0.2, 0.25) is 0 Å². The number of aryl methyl sites for hydroxylation is 2. The van der Waals surface area contributed by atoms with Gasteiger partial charge in [-0.25, -0.2) is 4.79 Å². The van der Waals surface area contributed by atoms with Crippen LogP contribution in [-0.2, 0) is 0 Å². The average molecular weight is 178 g/mol. The molecule has 3 heteroatoms. The van der Waals surface area contributed by atoms with Gasteiger partial charge in [-0.2, -0.15) is 0 Å². The summed E-state index contributed by atoms with van der Waals surface area (Å²) < 4.78 is 10.4. The number of rotatable bonds is 0. The van der Waals surface area contributed by atoms with E-state index in [0.29, 0.717) is 17.1 Å². The molecule has 13 heavy (non-hydrogen) atoms. The van der Waals surface area contributed by atoms with E-state index < -0.39 is 0 Å². The van der Waals surface area contributed by atoms with Crippen molar-refractivity contribution < 1.29 is 8.83 Å². The van der Waals surface area contributed by atoms with Gasteiger partial charge < -0.3 is 8.83 Å². The molecule has 0 aliphatic carbocycles. The van der Waals surface area contributed by atoms with Crippen molar-refractivity contribution in [3.63, 3.8) is 0 Å². The van der Waals surface area contributed by atoms with Gasteiger partial charge in [0.25, 0.3) is 0 Å². The zero-order valence-corrected chi connectivity index (χ0v) is 7.80. The van der Waals surface area contributed by atoms with Gasteiger partial charge in [-0.3, -0.25) is 0 Å². The highest BCUT2D eigenvalue weighted by Gasteiger charge is 2.18. The van der Waals surface area contributed by atoms with Crippen LogP contribution < -0.4 is 5.63 Å². The van der Waals surface area contributed by atoms with E-state index in [1.54, 1.807) is 13.8 Å². The Bertz CT molecular complexity index is 476. The van der Waals surface area contributed by atoms with Crippen molar-refractivity contribution in [2.75, 3.05) is 0 Å². The molecule has 2 aliphatic rings. The fourth-order valence-electron chi connectivity index (χ4n) is 1.46. The van der Waals surface area contributed by atoms with Crippen molar-refractivity contribution >= 4 is 0 Å². The first-order chi connectivity index (χ1) is 6.09. The van der Waals surface area contributed by atoms with Crippen molar-refractivity contribution in [3.8, 4) is 11.3 Å². The lowest BCUT2D eigenvalue weighted by molar-refractivity contribution is 0.451. The molecular formula is C10H10O3. The van der Waals surface area contributed by atoms with Gasteiger partial charge in [-0.05, 0) is 26.8 Å². The van der Waals surface area contributed by atoms with Crippen LogP contribution in [0.5, 0.6) is 0 Å². The highest BCUT2D eigenvalue weighted by Crippen LogP contribution is 2.28. The Hall–Kier alpha value is -1.51. The molecule has 68 valence electrons. The SMILES string of the molecule is Cc1cc2c(C)c(=O)oc-2c(C)o1. The molecule has 0 atom stereocenters. The van der Waals surface area contributed by atoms with Gasteiger partial charge >= 0.3 is 5.63 Å². The van der Waals surface area contributed by atoms with E-state index in [9.17, 15) is 4.79 Å². The second-order valence-corrected chi connectivity index (χ2v) is 3.17. The Kier molecular flexibility index (Phi) is 1.55. The van der Waals surface area contributed by atoms with Gasteiger partial charge in [-0.15, -0.1) is 0 Å². The van der Waals surface area contributed by atoms with Crippen LogP contribution in [0.2, 0.25) is 0 Å². The zero-order chi connectivity index (χ0) is 9.59. The number of furan rings is 1. The van der Waals surface area contributed by atoms with Gasteiger partial charge in [0.1, 0.15) is 11.5 Å². The van der Waals surface area contributed by atoms with Crippen LogP contribution in [0.15, 0.2) is 19.7 Å². The van der Waals surface area contributed by atoms with Crippen molar-refractivity contribution in [2.45, 2.75) is 20.8 Å². The minimum atomic E-state index is -0.279. The van der Waals surface area contributed by atoms with Gasteiger partial charge in [0, 0.05) is 11.1 Å². The number of fused-ring (bicyclic) bond motifs is 1. The molecule has 3 nitrogen and oxygen atoms in total. The van der Waals surface area contributed by atoms with Gasteiger partial charge in [-0.1, -0.05) is 0 Å². The lowest BCUT2D eigenvalue weighted by atomic mass is 10.1. The van der Waals surface area contributed by atoms with E-state index in [4.69, 9.17) is 8.83 Å². The topological polar surface area (TPSA) is 43.4 Å². The molecule has 0 bridgehead atoms. The molecule has 0 aromatic rings. The fraction of sp³-hybridized carbons (Fsp3) is 0.300. The first-order valence-corrected chi connectivity index (χ1v) is 4.10. The van der Waals surface area contributed by atoms with Gasteiger partial charge in [0.05, 0.1) is 0 Å². The first kappa shape index (κ1) is 8.10. The maximum absolute atomic E-state index is 11.2. The molecule has 2 rings (SSSR count). The smallest absolute Gasteiger partial charge is 0.340 e. The third-order valence-corrected chi connectivity index (χ3v) is 2.13. The molecule has 2 heterocycles. The predicted molar refractivity (Wildman–Crippen MR) is 48.1 cm³/mol. The van der Waals surface area contributed by atoms with E-state index in [0.717, 1.165) is 11.3 Å². The normalized spacial score (nSPS) is 11.0. The fourth-order valence-corrected chi connectivity index (χ4v) is 1.46. The number of hydrogen-bond acceptors (Lipinski definition) is 3. The highest BCUT2D eigenvalue weighted by atomic mass is 16.4. The highest BCUT2D eigenvalue weighted by molar-refractivity contribution is 5.64. The largest absolute Gasteiger partial charge is 0.463 e. The van der Waals surface area contributed by atoms with Crippen LogP contribution in [0.3, 0.4) is 0 Å². The standard InChI is InChI=1S/C10H10O3/c1-5-4-8-6(2)10(11)13-9(8)7(3)12-5/h4H,1-3H3. The second-order valence-electron chi connectivity index (χ2n) is 3.17. The zero-order valence-electron chi connectivity index (χ0n) is 7.80. The van der Waals surface area contributed by atoms with Crippen LogP contribution in [0.1, 0.15) is 17.1 Å². The predicted octanol–water partition coefficient (Wildman–Crippen LogP) is 2.26. The summed E-state index contributed by atoms with van der Waals surface area (Å²) >= 11 is 0. The third-order valence-electron chi connectivity index (χ3n) is 2.13. The lowest BCUT2D eigenvalue weighted by Gasteiger charge is -2.02. The van der Waals surface area contributed by atoms with Crippen LogP contribution >= 0.6 is 0 Å². The van der Waals surface area contributed by atoms with Crippen molar-refractivity contribution in [1.82, 2.24) is 0 Å². The Balaban J connectivity index is 2.92. The summed E-state index contributed by atoms with van der Waals surface area (Å²) in [5.74, 6) is 2.00. The summed E-state index contributed by atoms with van der Waals surface area (Å²) in [4.78, 5) is 11.2. The lowest BCUT2D eigenvalue weighted by Crippen LogP contribution is -1.93. The van der Waals surface area contributed by atoms with E-state index in [1.165, 1.54) is 0 Å². The molecule has 0 saturated carbocycles. The van der Waals surface area contributed by atoms with E-state index in [2.05, 4.69) is 0 Å².